The quantitative estimate of drug-likeness (QED) is 0.554. The van der Waals surface area contributed by atoms with Crippen molar-refractivity contribution in [1.29, 1.82) is 0 Å². The molecule has 0 atom stereocenters. The fraction of sp³-hybridized carbons (Fsp3) is 0.250. The number of benzene rings is 2. The van der Waals surface area contributed by atoms with Crippen LogP contribution >= 0.6 is 0 Å². The van der Waals surface area contributed by atoms with E-state index in [-0.39, 0.29) is 5.56 Å². The van der Waals surface area contributed by atoms with Gasteiger partial charge in [-0.3, -0.25) is 4.79 Å². The molecule has 0 saturated carbocycles. The first-order chi connectivity index (χ1) is 11.7. The van der Waals surface area contributed by atoms with E-state index >= 15 is 0 Å². The molecule has 1 heterocycles. The molecule has 2 N–H and O–H groups in total. The van der Waals surface area contributed by atoms with Crippen LogP contribution in [0.25, 0.3) is 10.8 Å². The van der Waals surface area contributed by atoms with Crippen molar-refractivity contribution < 1.29 is 4.74 Å². The minimum Gasteiger partial charge on any atom is -0.494 e. The van der Waals surface area contributed by atoms with E-state index in [0.717, 1.165) is 35.2 Å². The smallest absolute Gasteiger partial charge is 0.258 e. The van der Waals surface area contributed by atoms with Gasteiger partial charge in [0, 0.05) is 17.3 Å². The average Bonchev–Trinajstić information content (AvgIpc) is 2.59. The zero-order valence-corrected chi connectivity index (χ0v) is 13.9. The molecule has 124 valence electrons. The van der Waals surface area contributed by atoms with E-state index in [1.54, 1.807) is 4.57 Å². The van der Waals surface area contributed by atoms with Gasteiger partial charge in [-0.1, -0.05) is 25.5 Å². The van der Waals surface area contributed by atoms with Crippen LogP contribution in [0.3, 0.4) is 0 Å². The van der Waals surface area contributed by atoms with E-state index < -0.39 is 0 Å². The highest BCUT2D eigenvalue weighted by Crippen LogP contribution is 2.19. The third-order valence-electron chi connectivity index (χ3n) is 4.05. The number of nitrogen functional groups attached to an aromatic ring is 1. The van der Waals surface area contributed by atoms with Gasteiger partial charge in [0.15, 0.2) is 0 Å². The number of aromatic nitrogens is 1. The number of rotatable bonds is 6. The number of nitrogens with two attached hydrogens (primary N) is 1. The first kappa shape index (κ1) is 16.1. The van der Waals surface area contributed by atoms with Crippen LogP contribution in [0.5, 0.6) is 5.75 Å². The Morgan fingerprint density at radius 2 is 1.88 bits per heavy atom. The molecule has 0 fully saturated rings. The zero-order chi connectivity index (χ0) is 16.9. The molecule has 4 nitrogen and oxygen atoms in total. The molecule has 3 aromatic rings. The van der Waals surface area contributed by atoms with Gasteiger partial charge in [-0.25, -0.2) is 0 Å². The van der Waals surface area contributed by atoms with Gasteiger partial charge in [0.1, 0.15) is 5.75 Å². The van der Waals surface area contributed by atoms with Crippen LogP contribution in [0.15, 0.2) is 59.5 Å². The van der Waals surface area contributed by atoms with E-state index in [9.17, 15) is 4.79 Å². The molecule has 0 aliphatic carbocycles. The third-order valence-corrected chi connectivity index (χ3v) is 4.05. The van der Waals surface area contributed by atoms with Crippen molar-refractivity contribution in [3.05, 3.63) is 70.6 Å². The number of fused-ring (bicyclic) bond motifs is 1. The lowest BCUT2D eigenvalue weighted by Gasteiger charge is -2.10. The van der Waals surface area contributed by atoms with E-state index in [0.29, 0.717) is 18.5 Å². The first-order valence-corrected chi connectivity index (χ1v) is 8.28. The maximum absolute atomic E-state index is 12.7. The van der Waals surface area contributed by atoms with Crippen LogP contribution < -0.4 is 16.0 Å². The van der Waals surface area contributed by atoms with Gasteiger partial charge < -0.3 is 15.0 Å². The Labute approximate surface area is 141 Å². The molecule has 0 spiro atoms. The Morgan fingerprint density at radius 1 is 1.08 bits per heavy atom. The maximum Gasteiger partial charge on any atom is 0.258 e. The maximum atomic E-state index is 12.7. The van der Waals surface area contributed by atoms with Gasteiger partial charge in [-0.15, -0.1) is 0 Å². The molecule has 1 aromatic heterocycles. The lowest BCUT2D eigenvalue weighted by atomic mass is 10.1. The minimum atomic E-state index is 0.00410. The molecule has 0 unspecified atom stereocenters. The molecule has 0 bridgehead atoms. The van der Waals surface area contributed by atoms with Crippen LogP contribution in [0, 0.1) is 0 Å². The van der Waals surface area contributed by atoms with Crippen molar-refractivity contribution in [2.24, 2.45) is 0 Å². The van der Waals surface area contributed by atoms with Crippen molar-refractivity contribution >= 4 is 16.5 Å². The lowest BCUT2D eigenvalue weighted by molar-refractivity contribution is 0.310. The van der Waals surface area contributed by atoms with Gasteiger partial charge in [-0.2, -0.15) is 0 Å². The van der Waals surface area contributed by atoms with Crippen molar-refractivity contribution in [1.82, 2.24) is 4.57 Å². The number of ether oxygens (including phenoxy) is 1. The van der Waals surface area contributed by atoms with Crippen molar-refractivity contribution in [2.45, 2.75) is 26.3 Å². The largest absolute Gasteiger partial charge is 0.494 e. The van der Waals surface area contributed by atoms with E-state index in [4.69, 9.17) is 10.5 Å². The molecule has 0 aliphatic rings. The highest BCUT2D eigenvalue weighted by atomic mass is 16.5. The predicted octanol–water partition coefficient (Wildman–Crippen LogP) is 3.81. The Hall–Kier alpha value is -2.75. The Bertz CT molecular complexity index is 882. The molecule has 24 heavy (non-hydrogen) atoms. The fourth-order valence-electron chi connectivity index (χ4n) is 2.63. The summed E-state index contributed by atoms with van der Waals surface area (Å²) in [5, 5.41) is 1.61. The highest BCUT2D eigenvalue weighted by Gasteiger charge is 2.05. The summed E-state index contributed by atoms with van der Waals surface area (Å²) in [7, 11) is 0. The molecule has 3 rings (SSSR count). The minimum absolute atomic E-state index is 0.00410. The molecule has 0 saturated heterocycles. The fourth-order valence-corrected chi connectivity index (χ4v) is 2.63. The van der Waals surface area contributed by atoms with E-state index in [1.165, 1.54) is 0 Å². The van der Waals surface area contributed by atoms with Crippen molar-refractivity contribution in [3.63, 3.8) is 0 Å². The number of hydrogen-bond acceptors (Lipinski definition) is 3. The number of hydrogen-bond donors (Lipinski definition) is 1. The summed E-state index contributed by atoms with van der Waals surface area (Å²) in [6, 6.07) is 15.2. The summed E-state index contributed by atoms with van der Waals surface area (Å²) in [4.78, 5) is 12.7. The topological polar surface area (TPSA) is 57.2 Å². The van der Waals surface area contributed by atoms with E-state index in [2.05, 4.69) is 6.92 Å². The predicted molar refractivity (Wildman–Crippen MR) is 98.6 cm³/mol. The standard InChI is InChI=1S/C20H22N2O2/c1-2-3-12-24-18-8-9-19-16(13-18)10-11-22(20(19)23)14-15-4-6-17(21)7-5-15/h4-11,13H,2-3,12,14,21H2,1H3. The van der Waals surface area contributed by atoms with Crippen LogP contribution in [-0.2, 0) is 6.54 Å². The summed E-state index contributed by atoms with van der Waals surface area (Å²) in [6.45, 7) is 3.37. The second kappa shape index (κ2) is 7.21. The number of pyridine rings is 1. The van der Waals surface area contributed by atoms with Gasteiger partial charge in [0.05, 0.1) is 13.2 Å². The zero-order valence-electron chi connectivity index (χ0n) is 13.9. The molecular formula is C20H22N2O2. The van der Waals surface area contributed by atoms with E-state index in [1.807, 2.05) is 54.7 Å². The second-order valence-corrected chi connectivity index (χ2v) is 5.94. The molecule has 2 aromatic carbocycles. The summed E-state index contributed by atoms with van der Waals surface area (Å²) in [5.41, 5.74) is 7.47. The molecule has 4 heteroatoms. The normalized spacial score (nSPS) is 10.9. The summed E-state index contributed by atoms with van der Waals surface area (Å²) in [6.07, 6.45) is 3.96. The van der Waals surface area contributed by atoms with Crippen LogP contribution in [0.2, 0.25) is 0 Å². The average molecular weight is 322 g/mol. The van der Waals surface area contributed by atoms with Gasteiger partial charge in [0.25, 0.3) is 5.56 Å². The summed E-state index contributed by atoms with van der Waals surface area (Å²) < 4.78 is 7.42. The number of unbranched alkanes of at least 4 members (excludes halogenated alkanes) is 1. The second-order valence-electron chi connectivity index (χ2n) is 5.94. The Balaban J connectivity index is 1.86. The monoisotopic (exact) mass is 322 g/mol. The summed E-state index contributed by atoms with van der Waals surface area (Å²) >= 11 is 0. The van der Waals surface area contributed by atoms with Crippen LogP contribution in [-0.4, -0.2) is 11.2 Å². The highest BCUT2D eigenvalue weighted by molar-refractivity contribution is 5.82. The van der Waals surface area contributed by atoms with Crippen LogP contribution in [0.1, 0.15) is 25.3 Å². The summed E-state index contributed by atoms with van der Waals surface area (Å²) in [5.74, 6) is 0.812. The van der Waals surface area contributed by atoms with Crippen molar-refractivity contribution in [3.8, 4) is 5.75 Å². The molecule has 0 radical (unpaired) electrons. The van der Waals surface area contributed by atoms with Gasteiger partial charge >= 0.3 is 0 Å². The lowest BCUT2D eigenvalue weighted by Crippen LogP contribution is -2.20. The first-order valence-electron chi connectivity index (χ1n) is 8.28. The van der Waals surface area contributed by atoms with Gasteiger partial charge in [0.2, 0.25) is 0 Å². The number of anilines is 1. The molecule has 0 aliphatic heterocycles. The number of nitrogens with zero attached hydrogens (tertiary/aromatic N) is 1. The van der Waals surface area contributed by atoms with Crippen molar-refractivity contribution in [2.75, 3.05) is 12.3 Å². The molecular weight excluding hydrogens is 300 g/mol. The SMILES string of the molecule is CCCCOc1ccc2c(=O)n(Cc3ccc(N)cc3)ccc2c1. The van der Waals surface area contributed by atoms with Crippen LogP contribution in [0.4, 0.5) is 5.69 Å². The Kier molecular flexibility index (Phi) is 4.85. The third kappa shape index (κ3) is 3.59. The van der Waals surface area contributed by atoms with Gasteiger partial charge in [-0.05, 0) is 53.8 Å². The Morgan fingerprint density at radius 3 is 2.62 bits per heavy atom. The molecule has 0 amide bonds.